The minimum atomic E-state index is -5.08. The lowest BCUT2D eigenvalue weighted by molar-refractivity contribution is -0.192. The highest BCUT2D eigenvalue weighted by molar-refractivity contribution is 6.03. The Morgan fingerprint density at radius 2 is 1.55 bits per heavy atom. The molecule has 0 aliphatic carbocycles. The number of rotatable bonds is 8. The first kappa shape index (κ1) is 24.7. The molecular formula is C25H30F3NO2. The van der Waals surface area contributed by atoms with Gasteiger partial charge in [0.15, 0.2) is 0 Å². The van der Waals surface area contributed by atoms with Gasteiger partial charge < -0.3 is 10.8 Å². The molecule has 0 aliphatic heterocycles. The van der Waals surface area contributed by atoms with Crippen LogP contribution in [0.1, 0.15) is 56.6 Å². The predicted octanol–water partition coefficient (Wildman–Crippen LogP) is 6.99. The van der Waals surface area contributed by atoms with E-state index in [2.05, 4.69) is 55.5 Å². The Balaban J connectivity index is 0.000000423. The van der Waals surface area contributed by atoms with Crippen LogP contribution in [-0.4, -0.2) is 17.3 Å². The molecule has 0 spiro atoms. The number of carboxylic acid groups (broad SMARTS) is 1. The molecule has 0 radical (unpaired) electrons. The van der Waals surface area contributed by atoms with Crippen LogP contribution < -0.4 is 5.73 Å². The Hall–Kier alpha value is -2.60. The second kappa shape index (κ2) is 11.7. The first-order valence-corrected chi connectivity index (χ1v) is 10.7. The molecule has 0 heterocycles. The fourth-order valence-corrected chi connectivity index (χ4v) is 3.82. The van der Waals surface area contributed by atoms with Crippen molar-refractivity contribution in [1.82, 2.24) is 0 Å². The van der Waals surface area contributed by atoms with Crippen molar-refractivity contribution in [1.29, 1.82) is 0 Å². The van der Waals surface area contributed by atoms with Crippen LogP contribution in [0, 0.1) is 0 Å². The molecule has 3 rings (SSSR count). The molecule has 6 heteroatoms. The summed E-state index contributed by atoms with van der Waals surface area (Å²) in [5.74, 6) is -2.76. The fraction of sp³-hybridized carbons (Fsp3) is 0.400. The normalized spacial score (nSPS) is 11.4. The van der Waals surface area contributed by atoms with Gasteiger partial charge >= 0.3 is 12.1 Å². The zero-order valence-corrected chi connectivity index (χ0v) is 17.8. The lowest BCUT2D eigenvalue weighted by atomic mass is 9.91. The highest BCUT2D eigenvalue weighted by Gasteiger charge is 2.38. The molecule has 0 saturated heterocycles. The number of carboxylic acids is 1. The van der Waals surface area contributed by atoms with Crippen LogP contribution >= 0.6 is 0 Å². The molecule has 31 heavy (non-hydrogen) atoms. The van der Waals surface area contributed by atoms with Gasteiger partial charge in [-0.2, -0.15) is 13.2 Å². The van der Waals surface area contributed by atoms with Crippen molar-refractivity contribution < 1.29 is 23.1 Å². The molecule has 0 unspecified atom stereocenters. The number of unbranched alkanes of at least 4 members (excludes halogenated alkanes) is 5. The van der Waals surface area contributed by atoms with Crippen molar-refractivity contribution in [2.45, 2.75) is 64.6 Å². The van der Waals surface area contributed by atoms with Crippen LogP contribution in [0.4, 0.5) is 13.2 Å². The fourth-order valence-electron chi connectivity index (χ4n) is 3.82. The predicted molar refractivity (Wildman–Crippen MR) is 120 cm³/mol. The SMILES string of the molecule is CCCCCCCCc1cccc2cc3ccccc3c(CN)c12.O=C(O)C(F)(F)F. The molecule has 168 valence electrons. The van der Waals surface area contributed by atoms with E-state index in [1.807, 2.05) is 0 Å². The second-order valence-corrected chi connectivity index (χ2v) is 7.62. The maximum atomic E-state index is 10.6. The molecule has 0 fully saturated rings. The van der Waals surface area contributed by atoms with Gasteiger partial charge in [0, 0.05) is 6.54 Å². The quantitative estimate of drug-likeness (QED) is 0.297. The Bertz CT molecular complexity index is 999. The molecular weight excluding hydrogens is 403 g/mol. The minimum Gasteiger partial charge on any atom is -0.475 e. The number of hydrogen-bond acceptors (Lipinski definition) is 2. The lowest BCUT2D eigenvalue weighted by Crippen LogP contribution is -2.21. The monoisotopic (exact) mass is 433 g/mol. The number of aryl methyl sites for hydroxylation is 1. The Morgan fingerprint density at radius 3 is 2.19 bits per heavy atom. The molecule has 3 aromatic rings. The summed E-state index contributed by atoms with van der Waals surface area (Å²) in [6.07, 6.45) is 4.13. The average molecular weight is 434 g/mol. The summed E-state index contributed by atoms with van der Waals surface area (Å²) in [6, 6.07) is 17.7. The van der Waals surface area contributed by atoms with Crippen molar-refractivity contribution in [2.75, 3.05) is 0 Å². The topological polar surface area (TPSA) is 63.3 Å². The molecule has 3 N–H and O–H groups in total. The van der Waals surface area contributed by atoms with Crippen LogP contribution in [0.25, 0.3) is 21.5 Å². The van der Waals surface area contributed by atoms with Crippen LogP contribution in [0.2, 0.25) is 0 Å². The number of benzene rings is 3. The highest BCUT2D eigenvalue weighted by Crippen LogP contribution is 2.31. The number of hydrogen-bond donors (Lipinski definition) is 2. The number of nitrogens with two attached hydrogens (primary N) is 1. The van der Waals surface area contributed by atoms with E-state index in [-0.39, 0.29) is 0 Å². The third kappa shape index (κ3) is 6.96. The molecule has 0 atom stereocenters. The maximum Gasteiger partial charge on any atom is 0.490 e. The van der Waals surface area contributed by atoms with Gasteiger partial charge in [-0.25, -0.2) is 4.79 Å². The van der Waals surface area contributed by atoms with E-state index in [0.29, 0.717) is 6.54 Å². The van der Waals surface area contributed by atoms with E-state index in [1.54, 1.807) is 0 Å². The smallest absolute Gasteiger partial charge is 0.475 e. The van der Waals surface area contributed by atoms with Gasteiger partial charge in [0.25, 0.3) is 0 Å². The third-order valence-corrected chi connectivity index (χ3v) is 5.33. The molecule has 0 saturated carbocycles. The standard InChI is InChI=1S/C23H29N.C2HF3O2/c1-2-3-4-5-6-7-11-18-13-10-14-20-16-19-12-8-9-15-21(19)22(17-24)23(18)20;3-2(4,5)1(6)7/h8-10,12-16H,2-7,11,17,24H2,1H3;(H,6,7). The van der Waals surface area contributed by atoms with Gasteiger partial charge in [0.2, 0.25) is 0 Å². The van der Waals surface area contributed by atoms with Crippen molar-refractivity contribution in [3.63, 3.8) is 0 Å². The summed E-state index contributed by atoms with van der Waals surface area (Å²) in [6.45, 7) is 2.88. The van der Waals surface area contributed by atoms with Crippen molar-refractivity contribution in [3.05, 3.63) is 59.7 Å². The second-order valence-electron chi connectivity index (χ2n) is 7.62. The Morgan fingerprint density at radius 1 is 0.935 bits per heavy atom. The zero-order chi connectivity index (χ0) is 22.9. The number of alkyl halides is 3. The van der Waals surface area contributed by atoms with Crippen LogP contribution in [-0.2, 0) is 17.8 Å². The summed E-state index contributed by atoms with van der Waals surface area (Å²) < 4.78 is 31.7. The van der Waals surface area contributed by atoms with E-state index in [9.17, 15) is 13.2 Å². The van der Waals surface area contributed by atoms with E-state index in [0.717, 1.165) is 6.42 Å². The maximum absolute atomic E-state index is 10.6. The number of aliphatic carboxylic acids is 1. The number of fused-ring (bicyclic) bond motifs is 2. The number of halogens is 3. The first-order chi connectivity index (χ1) is 14.8. The summed E-state index contributed by atoms with van der Waals surface area (Å²) in [7, 11) is 0. The highest BCUT2D eigenvalue weighted by atomic mass is 19.4. The largest absolute Gasteiger partial charge is 0.490 e. The molecule has 0 aliphatic rings. The van der Waals surface area contributed by atoms with Gasteiger partial charge in [-0.1, -0.05) is 81.5 Å². The molecule has 0 bridgehead atoms. The van der Waals surface area contributed by atoms with E-state index in [1.165, 1.54) is 71.2 Å². The summed E-state index contributed by atoms with van der Waals surface area (Å²) in [5, 5.41) is 12.5. The van der Waals surface area contributed by atoms with Gasteiger partial charge in [-0.05, 0) is 51.6 Å². The van der Waals surface area contributed by atoms with Crippen molar-refractivity contribution in [2.24, 2.45) is 5.73 Å². The minimum absolute atomic E-state index is 0.603. The van der Waals surface area contributed by atoms with Gasteiger partial charge in [0.1, 0.15) is 0 Å². The Labute approximate surface area is 181 Å². The van der Waals surface area contributed by atoms with Gasteiger partial charge in [-0.15, -0.1) is 0 Å². The number of carbonyl (C=O) groups is 1. The van der Waals surface area contributed by atoms with E-state index < -0.39 is 12.1 Å². The van der Waals surface area contributed by atoms with E-state index >= 15 is 0 Å². The third-order valence-electron chi connectivity index (χ3n) is 5.33. The van der Waals surface area contributed by atoms with E-state index in [4.69, 9.17) is 15.6 Å². The molecule has 3 nitrogen and oxygen atoms in total. The van der Waals surface area contributed by atoms with Gasteiger partial charge in [-0.3, -0.25) is 0 Å². The summed E-state index contributed by atoms with van der Waals surface area (Å²) in [4.78, 5) is 8.90. The Kier molecular flexibility index (Phi) is 9.31. The van der Waals surface area contributed by atoms with Crippen molar-refractivity contribution in [3.8, 4) is 0 Å². The van der Waals surface area contributed by atoms with Crippen LogP contribution in [0.15, 0.2) is 48.5 Å². The zero-order valence-electron chi connectivity index (χ0n) is 17.8. The van der Waals surface area contributed by atoms with Gasteiger partial charge in [0.05, 0.1) is 0 Å². The summed E-state index contributed by atoms with van der Waals surface area (Å²) in [5.41, 5.74) is 8.94. The summed E-state index contributed by atoms with van der Waals surface area (Å²) >= 11 is 0. The molecule has 3 aromatic carbocycles. The lowest BCUT2D eigenvalue weighted by Gasteiger charge is -2.14. The van der Waals surface area contributed by atoms with Crippen LogP contribution in [0.3, 0.4) is 0 Å². The molecule has 0 amide bonds. The average Bonchev–Trinajstić information content (AvgIpc) is 2.74. The molecule has 0 aromatic heterocycles. The first-order valence-electron chi connectivity index (χ1n) is 10.7. The van der Waals surface area contributed by atoms with Crippen molar-refractivity contribution >= 4 is 27.5 Å². The van der Waals surface area contributed by atoms with Crippen LogP contribution in [0.5, 0.6) is 0 Å².